The summed E-state index contributed by atoms with van der Waals surface area (Å²) in [6.07, 6.45) is 0.941. The van der Waals surface area contributed by atoms with E-state index in [4.69, 9.17) is 4.74 Å². The number of nitrogens with one attached hydrogen (secondary N) is 2. The van der Waals surface area contributed by atoms with E-state index in [2.05, 4.69) is 10.6 Å². The third-order valence-electron chi connectivity index (χ3n) is 4.68. The van der Waals surface area contributed by atoms with Gasteiger partial charge in [0, 0.05) is 5.69 Å². The Kier molecular flexibility index (Phi) is 5.26. The summed E-state index contributed by atoms with van der Waals surface area (Å²) in [6, 6.07) is 14.0. The Bertz CT molecular complexity index is 887. The molecule has 0 unspecified atom stereocenters. The van der Waals surface area contributed by atoms with Crippen LogP contribution in [0.1, 0.15) is 35.7 Å². The highest BCUT2D eigenvalue weighted by Gasteiger charge is 2.56. The summed E-state index contributed by atoms with van der Waals surface area (Å²) in [6.45, 7) is 3.85. The van der Waals surface area contributed by atoms with Gasteiger partial charge in [-0.15, -0.1) is 0 Å². The van der Waals surface area contributed by atoms with Crippen molar-refractivity contribution in [3.63, 3.8) is 0 Å². The van der Waals surface area contributed by atoms with Gasteiger partial charge in [0.1, 0.15) is 5.41 Å². The van der Waals surface area contributed by atoms with E-state index < -0.39 is 17.3 Å². The molecule has 0 radical (unpaired) electrons. The van der Waals surface area contributed by atoms with E-state index in [1.807, 2.05) is 25.1 Å². The van der Waals surface area contributed by atoms with Crippen LogP contribution < -0.4 is 10.6 Å². The summed E-state index contributed by atoms with van der Waals surface area (Å²) in [5.74, 6) is -1.25. The fourth-order valence-electron chi connectivity index (χ4n) is 2.86. The molecule has 1 aliphatic rings. The molecule has 0 atom stereocenters. The third kappa shape index (κ3) is 3.84. The third-order valence-corrected chi connectivity index (χ3v) is 4.68. The number of para-hydroxylation sites is 2. The second-order valence-electron chi connectivity index (χ2n) is 6.57. The second kappa shape index (κ2) is 7.61. The van der Waals surface area contributed by atoms with Gasteiger partial charge in [0.25, 0.3) is 0 Å². The molecule has 2 aromatic carbocycles. The number of hydrogen-bond donors (Lipinski definition) is 2. The molecular formula is C21H22N2O4. The first kappa shape index (κ1) is 18.6. The zero-order valence-electron chi connectivity index (χ0n) is 15.4. The van der Waals surface area contributed by atoms with Gasteiger partial charge >= 0.3 is 5.97 Å². The summed E-state index contributed by atoms with van der Waals surface area (Å²) in [5, 5.41) is 5.58. The molecule has 0 heterocycles. The van der Waals surface area contributed by atoms with E-state index >= 15 is 0 Å². The molecule has 3 rings (SSSR count). The van der Waals surface area contributed by atoms with E-state index in [9.17, 15) is 14.4 Å². The highest BCUT2D eigenvalue weighted by Crippen LogP contribution is 2.47. The van der Waals surface area contributed by atoms with Crippen molar-refractivity contribution < 1.29 is 19.1 Å². The standard InChI is InChI=1S/C21H22N2O4/c1-3-27-18(24)15-9-5-7-11-17(15)23-20(26)21(12-13-21)19(25)22-16-10-6-4-8-14(16)2/h4-11H,3,12-13H2,1-2H3,(H,22,25)(H,23,26). The normalized spacial score (nSPS) is 14.1. The Morgan fingerprint density at radius 3 is 2.07 bits per heavy atom. The number of aryl methyl sites for hydroxylation is 1. The monoisotopic (exact) mass is 366 g/mol. The van der Waals surface area contributed by atoms with E-state index in [-0.39, 0.29) is 18.1 Å². The summed E-state index contributed by atoms with van der Waals surface area (Å²) >= 11 is 0. The van der Waals surface area contributed by atoms with E-state index in [1.54, 1.807) is 37.3 Å². The van der Waals surface area contributed by atoms with Gasteiger partial charge in [-0.25, -0.2) is 4.79 Å². The lowest BCUT2D eigenvalue weighted by molar-refractivity contribution is -0.131. The second-order valence-corrected chi connectivity index (χ2v) is 6.57. The quantitative estimate of drug-likeness (QED) is 0.605. The average Bonchev–Trinajstić information content (AvgIpc) is 3.46. The summed E-state index contributed by atoms with van der Waals surface area (Å²) in [5.41, 5.74) is 1.12. The predicted octanol–water partition coefficient (Wildman–Crippen LogP) is 3.53. The summed E-state index contributed by atoms with van der Waals surface area (Å²) in [4.78, 5) is 37.6. The van der Waals surface area contributed by atoms with Gasteiger partial charge in [0.2, 0.25) is 11.8 Å². The number of carbonyl (C=O) groups excluding carboxylic acids is 3. The van der Waals surface area contributed by atoms with Gasteiger partial charge in [0.15, 0.2) is 0 Å². The Balaban J connectivity index is 1.76. The first-order valence-corrected chi connectivity index (χ1v) is 8.92. The largest absolute Gasteiger partial charge is 0.462 e. The molecule has 1 saturated carbocycles. The first-order chi connectivity index (χ1) is 13.0. The first-order valence-electron chi connectivity index (χ1n) is 8.92. The van der Waals surface area contributed by atoms with Gasteiger partial charge in [-0.1, -0.05) is 30.3 Å². The molecule has 0 spiro atoms. The molecule has 140 valence electrons. The van der Waals surface area contributed by atoms with Crippen LogP contribution in [0.5, 0.6) is 0 Å². The van der Waals surface area contributed by atoms with Gasteiger partial charge in [-0.2, -0.15) is 0 Å². The molecule has 2 N–H and O–H groups in total. The van der Waals surface area contributed by atoms with Crippen LogP contribution in [0, 0.1) is 12.3 Å². The zero-order chi connectivity index (χ0) is 19.4. The van der Waals surface area contributed by atoms with Crippen LogP contribution in [0.2, 0.25) is 0 Å². The molecule has 6 nitrogen and oxygen atoms in total. The van der Waals surface area contributed by atoms with Crippen molar-refractivity contribution in [1.29, 1.82) is 0 Å². The fraction of sp³-hybridized carbons (Fsp3) is 0.286. The van der Waals surface area contributed by atoms with E-state index in [0.29, 0.717) is 24.2 Å². The van der Waals surface area contributed by atoms with Crippen LogP contribution in [0.25, 0.3) is 0 Å². The van der Waals surface area contributed by atoms with Crippen LogP contribution in [0.3, 0.4) is 0 Å². The van der Waals surface area contributed by atoms with Crippen molar-refractivity contribution in [1.82, 2.24) is 0 Å². The average molecular weight is 366 g/mol. The van der Waals surface area contributed by atoms with Gasteiger partial charge < -0.3 is 15.4 Å². The maximum Gasteiger partial charge on any atom is 0.340 e. The molecule has 0 aliphatic heterocycles. The molecule has 6 heteroatoms. The highest BCUT2D eigenvalue weighted by atomic mass is 16.5. The van der Waals surface area contributed by atoms with Crippen molar-refractivity contribution in [3.8, 4) is 0 Å². The highest BCUT2D eigenvalue weighted by molar-refractivity contribution is 6.17. The zero-order valence-corrected chi connectivity index (χ0v) is 15.4. The smallest absolute Gasteiger partial charge is 0.340 e. The Morgan fingerprint density at radius 1 is 0.926 bits per heavy atom. The topological polar surface area (TPSA) is 84.5 Å². The molecule has 0 aromatic heterocycles. The maximum absolute atomic E-state index is 12.8. The lowest BCUT2D eigenvalue weighted by Gasteiger charge is -2.17. The minimum absolute atomic E-state index is 0.240. The van der Waals surface area contributed by atoms with Crippen molar-refractivity contribution in [2.75, 3.05) is 17.2 Å². The van der Waals surface area contributed by atoms with Gasteiger partial charge in [0.05, 0.1) is 17.9 Å². The number of anilines is 2. The van der Waals surface area contributed by atoms with E-state index in [0.717, 1.165) is 5.56 Å². The van der Waals surface area contributed by atoms with Crippen LogP contribution >= 0.6 is 0 Å². The molecule has 27 heavy (non-hydrogen) atoms. The Labute approximate surface area is 157 Å². The van der Waals surface area contributed by atoms with E-state index in [1.165, 1.54) is 0 Å². The number of rotatable bonds is 6. The SMILES string of the molecule is CCOC(=O)c1ccccc1NC(=O)C1(C(=O)Nc2ccccc2C)CC1. The molecule has 1 fully saturated rings. The molecule has 2 amide bonds. The number of esters is 1. The number of hydrogen-bond acceptors (Lipinski definition) is 4. The molecule has 1 aliphatic carbocycles. The van der Waals surface area contributed by atoms with Crippen molar-refractivity contribution >= 4 is 29.2 Å². The van der Waals surface area contributed by atoms with Crippen molar-refractivity contribution in [2.24, 2.45) is 5.41 Å². The van der Waals surface area contributed by atoms with Crippen LogP contribution in [0.4, 0.5) is 11.4 Å². The Morgan fingerprint density at radius 2 is 1.48 bits per heavy atom. The van der Waals surface area contributed by atoms with Crippen molar-refractivity contribution in [3.05, 3.63) is 59.7 Å². The summed E-state index contributed by atoms with van der Waals surface area (Å²) < 4.78 is 5.02. The molecule has 0 bridgehead atoms. The summed E-state index contributed by atoms with van der Waals surface area (Å²) in [7, 11) is 0. The predicted molar refractivity (Wildman–Crippen MR) is 103 cm³/mol. The minimum Gasteiger partial charge on any atom is -0.462 e. The molecule has 0 saturated heterocycles. The molecule has 2 aromatic rings. The number of amides is 2. The van der Waals surface area contributed by atoms with Crippen LogP contribution in [-0.2, 0) is 14.3 Å². The minimum atomic E-state index is -1.11. The number of benzene rings is 2. The van der Waals surface area contributed by atoms with Gasteiger partial charge in [-0.05, 0) is 50.5 Å². The number of carbonyl (C=O) groups is 3. The van der Waals surface area contributed by atoms with Crippen molar-refractivity contribution in [2.45, 2.75) is 26.7 Å². The number of ether oxygens (including phenoxy) is 1. The lowest BCUT2D eigenvalue weighted by atomic mass is 10.0. The fourth-order valence-corrected chi connectivity index (χ4v) is 2.86. The molecular weight excluding hydrogens is 344 g/mol. The Hall–Kier alpha value is -3.15. The van der Waals surface area contributed by atoms with Crippen LogP contribution in [0.15, 0.2) is 48.5 Å². The van der Waals surface area contributed by atoms with Gasteiger partial charge in [-0.3, -0.25) is 9.59 Å². The maximum atomic E-state index is 12.8. The lowest BCUT2D eigenvalue weighted by Crippen LogP contribution is -2.36. The van der Waals surface area contributed by atoms with Crippen LogP contribution in [-0.4, -0.2) is 24.4 Å².